The summed E-state index contributed by atoms with van der Waals surface area (Å²) in [5.41, 5.74) is 15.5. The van der Waals surface area contributed by atoms with Gasteiger partial charge in [-0.05, 0) is 117 Å². The molecule has 0 saturated heterocycles. The van der Waals surface area contributed by atoms with Crippen LogP contribution in [0.3, 0.4) is 0 Å². The first-order valence-corrected chi connectivity index (χ1v) is 22.2. The molecule has 11 aromatic carbocycles. The molecular formula is C62H40N2O. The van der Waals surface area contributed by atoms with Crippen molar-refractivity contribution in [2.45, 2.75) is 0 Å². The summed E-state index contributed by atoms with van der Waals surface area (Å²) in [5.74, 6) is 0. The van der Waals surface area contributed by atoms with Gasteiger partial charge in [0.15, 0.2) is 0 Å². The van der Waals surface area contributed by atoms with E-state index in [1.807, 2.05) is 12.1 Å². The second-order valence-corrected chi connectivity index (χ2v) is 16.8. The lowest BCUT2D eigenvalue weighted by Gasteiger charge is -2.29. The highest BCUT2D eigenvalue weighted by Gasteiger charge is 2.21. The fourth-order valence-corrected chi connectivity index (χ4v) is 10.2. The molecular weight excluding hydrogens is 789 g/mol. The lowest BCUT2D eigenvalue weighted by atomic mass is 9.92. The molecule has 2 heterocycles. The van der Waals surface area contributed by atoms with Crippen LogP contribution in [0.15, 0.2) is 247 Å². The minimum Gasteiger partial charge on any atom is -0.456 e. The Morgan fingerprint density at radius 2 is 0.831 bits per heavy atom. The second-order valence-electron chi connectivity index (χ2n) is 16.8. The third kappa shape index (κ3) is 6.05. The molecule has 2 aromatic heterocycles. The molecule has 0 saturated carbocycles. The molecule has 0 bridgehead atoms. The first kappa shape index (κ1) is 36.9. The molecule has 0 amide bonds. The first-order chi connectivity index (χ1) is 32.2. The molecule has 13 aromatic rings. The van der Waals surface area contributed by atoms with Crippen LogP contribution < -0.4 is 4.90 Å². The monoisotopic (exact) mass is 828 g/mol. The highest BCUT2D eigenvalue weighted by atomic mass is 16.3. The zero-order valence-corrected chi connectivity index (χ0v) is 35.4. The number of furan rings is 1. The van der Waals surface area contributed by atoms with Crippen LogP contribution in [-0.4, -0.2) is 4.57 Å². The van der Waals surface area contributed by atoms with Crippen molar-refractivity contribution in [1.29, 1.82) is 0 Å². The molecule has 65 heavy (non-hydrogen) atoms. The van der Waals surface area contributed by atoms with Crippen molar-refractivity contribution in [3.8, 4) is 39.1 Å². The lowest BCUT2D eigenvalue weighted by Crippen LogP contribution is -2.11. The number of aromatic nitrogens is 1. The molecule has 3 heteroatoms. The highest BCUT2D eigenvalue weighted by Crippen LogP contribution is 2.46. The molecule has 0 aliphatic rings. The number of rotatable bonds is 7. The van der Waals surface area contributed by atoms with E-state index in [2.05, 4.69) is 240 Å². The van der Waals surface area contributed by atoms with Crippen LogP contribution in [0.4, 0.5) is 17.1 Å². The summed E-state index contributed by atoms with van der Waals surface area (Å²) in [5, 5.41) is 9.73. The van der Waals surface area contributed by atoms with E-state index in [0.29, 0.717) is 0 Å². The summed E-state index contributed by atoms with van der Waals surface area (Å²) in [7, 11) is 0. The predicted octanol–water partition coefficient (Wildman–Crippen LogP) is 17.5. The smallest absolute Gasteiger partial charge is 0.136 e. The average molecular weight is 829 g/mol. The van der Waals surface area contributed by atoms with E-state index in [4.69, 9.17) is 4.42 Å². The van der Waals surface area contributed by atoms with E-state index in [0.717, 1.165) is 66.9 Å². The van der Waals surface area contributed by atoms with E-state index < -0.39 is 0 Å². The Balaban J connectivity index is 0.964. The third-order valence-corrected chi connectivity index (χ3v) is 13.2. The topological polar surface area (TPSA) is 21.3 Å². The maximum atomic E-state index is 6.30. The maximum Gasteiger partial charge on any atom is 0.136 e. The van der Waals surface area contributed by atoms with E-state index in [-0.39, 0.29) is 0 Å². The van der Waals surface area contributed by atoms with Gasteiger partial charge >= 0.3 is 0 Å². The summed E-state index contributed by atoms with van der Waals surface area (Å²) in [6, 6.07) is 87.8. The van der Waals surface area contributed by atoms with Crippen molar-refractivity contribution >= 4 is 82.4 Å². The zero-order chi connectivity index (χ0) is 42.8. The van der Waals surface area contributed by atoms with Gasteiger partial charge in [0.1, 0.15) is 11.2 Å². The predicted molar refractivity (Wildman–Crippen MR) is 274 cm³/mol. The number of para-hydroxylation sites is 5. The molecule has 13 rings (SSSR count). The van der Waals surface area contributed by atoms with Crippen LogP contribution in [0.2, 0.25) is 0 Å². The number of hydrogen-bond acceptors (Lipinski definition) is 2. The zero-order valence-electron chi connectivity index (χ0n) is 35.4. The summed E-state index contributed by atoms with van der Waals surface area (Å²) >= 11 is 0. The number of hydrogen-bond donors (Lipinski definition) is 0. The Hall–Kier alpha value is -8.66. The van der Waals surface area contributed by atoms with Crippen LogP contribution in [0.25, 0.3) is 104 Å². The molecule has 0 atom stereocenters. The molecule has 0 radical (unpaired) electrons. The van der Waals surface area contributed by atoms with E-state index in [1.165, 1.54) is 54.5 Å². The normalized spacial score (nSPS) is 11.7. The Kier molecular flexibility index (Phi) is 8.53. The van der Waals surface area contributed by atoms with Crippen molar-refractivity contribution in [2.75, 3.05) is 4.90 Å². The van der Waals surface area contributed by atoms with Crippen LogP contribution in [0.1, 0.15) is 0 Å². The van der Waals surface area contributed by atoms with E-state index >= 15 is 0 Å². The van der Waals surface area contributed by atoms with Crippen LogP contribution >= 0.6 is 0 Å². The molecule has 304 valence electrons. The van der Waals surface area contributed by atoms with Crippen molar-refractivity contribution < 1.29 is 4.42 Å². The van der Waals surface area contributed by atoms with E-state index in [9.17, 15) is 0 Å². The first-order valence-electron chi connectivity index (χ1n) is 22.2. The largest absolute Gasteiger partial charge is 0.456 e. The van der Waals surface area contributed by atoms with Gasteiger partial charge in [-0.25, -0.2) is 0 Å². The number of anilines is 3. The van der Waals surface area contributed by atoms with Gasteiger partial charge in [0.2, 0.25) is 0 Å². The Bertz CT molecular complexity index is 3900. The molecule has 0 unspecified atom stereocenters. The Morgan fingerprint density at radius 3 is 1.57 bits per heavy atom. The standard InChI is InChI=1S/C62H40N2O/c1-2-16-47-44(15-1)39-56(50-19-4-3-18-49(47)50)53-22-8-11-25-58(53)63(45-34-29-41(30-35-45)43-33-38-55-54-23-9-14-28-61(54)65-62(55)40-43)46-36-31-42(32-37-46)48-17-5-10-24-57(48)64-59-26-12-6-20-51(59)52-21-7-13-27-60(52)64/h1-40H. The van der Waals surface area contributed by atoms with Gasteiger partial charge in [0, 0.05) is 44.0 Å². The van der Waals surface area contributed by atoms with Gasteiger partial charge in [0.25, 0.3) is 0 Å². The number of fused-ring (bicyclic) bond motifs is 9. The lowest BCUT2D eigenvalue weighted by molar-refractivity contribution is 0.669. The van der Waals surface area contributed by atoms with Gasteiger partial charge in [-0.15, -0.1) is 0 Å². The quantitative estimate of drug-likeness (QED) is 0.149. The van der Waals surface area contributed by atoms with Gasteiger partial charge in [-0.1, -0.05) is 170 Å². The molecule has 0 fully saturated rings. The second kappa shape index (κ2) is 15.0. The summed E-state index contributed by atoms with van der Waals surface area (Å²) in [4.78, 5) is 2.41. The van der Waals surface area contributed by atoms with Crippen LogP contribution in [0, 0.1) is 0 Å². The van der Waals surface area contributed by atoms with Gasteiger partial charge in [-0.3, -0.25) is 0 Å². The Labute approximate surface area is 376 Å². The molecule has 0 spiro atoms. The minimum atomic E-state index is 0.894. The van der Waals surface area contributed by atoms with Gasteiger partial charge < -0.3 is 13.9 Å². The van der Waals surface area contributed by atoms with Crippen molar-refractivity contribution in [3.63, 3.8) is 0 Å². The highest BCUT2D eigenvalue weighted by molar-refractivity contribution is 6.15. The number of nitrogens with zero attached hydrogens (tertiary/aromatic N) is 2. The SMILES string of the molecule is c1ccc(N(c2ccc(-c3ccc4c(c3)oc3ccccc34)cc2)c2ccc(-c3ccccc3-n3c4ccccc4c4ccccc43)cc2)c(-c2cc3ccccc3c3ccccc23)c1. The molecule has 0 aliphatic heterocycles. The number of benzene rings is 11. The average Bonchev–Trinajstić information content (AvgIpc) is 3.92. The summed E-state index contributed by atoms with van der Waals surface area (Å²) < 4.78 is 8.72. The third-order valence-electron chi connectivity index (χ3n) is 13.2. The minimum absolute atomic E-state index is 0.894. The molecule has 0 N–H and O–H groups in total. The molecule has 0 aliphatic carbocycles. The van der Waals surface area contributed by atoms with E-state index in [1.54, 1.807) is 0 Å². The van der Waals surface area contributed by atoms with Gasteiger partial charge in [-0.2, -0.15) is 0 Å². The Morgan fingerprint density at radius 1 is 0.308 bits per heavy atom. The fourth-order valence-electron chi connectivity index (χ4n) is 10.2. The maximum absolute atomic E-state index is 6.30. The van der Waals surface area contributed by atoms with Crippen molar-refractivity contribution in [3.05, 3.63) is 243 Å². The van der Waals surface area contributed by atoms with Crippen molar-refractivity contribution in [2.24, 2.45) is 0 Å². The summed E-state index contributed by atoms with van der Waals surface area (Å²) in [6.45, 7) is 0. The fraction of sp³-hybridized carbons (Fsp3) is 0. The van der Waals surface area contributed by atoms with Crippen LogP contribution in [0.5, 0.6) is 0 Å². The van der Waals surface area contributed by atoms with Crippen LogP contribution in [-0.2, 0) is 0 Å². The molecule has 3 nitrogen and oxygen atoms in total. The van der Waals surface area contributed by atoms with Crippen molar-refractivity contribution in [1.82, 2.24) is 4.57 Å². The summed E-state index contributed by atoms with van der Waals surface area (Å²) in [6.07, 6.45) is 0. The van der Waals surface area contributed by atoms with Gasteiger partial charge in [0.05, 0.1) is 22.4 Å².